The third-order valence-corrected chi connectivity index (χ3v) is 8.13. The van der Waals surface area contributed by atoms with Crippen molar-refractivity contribution in [1.29, 1.82) is 0 Å². The van der Waals surface area contributed by atoms with Crippen molar-refractivity contribution < 1.29 is 8.42 Å². The fourth-order valence-corrected chi connectivity index (χ4v) is 6.30. The number of hydrogen-bond donors (Lipinski definition) is 0. The van der Waals surface area contributed by atoms with Crippen molar-refractivity contribution in [3.8, 4) is 0 Å². The normalized spacial score (nSPS) is 24.0. The van der Waals surface area contributed by atoms with Crippen molar-refractivity contribution in [2.75, 3.05) is 26.2 Å². The van der Waals surface area contributed by atoms with Gasteiger partial charge in [0.15, 0.2) is 0 Å². The molecule has 1 unspecified atom stereocenters. The van der Waals surface area contributed by atoms with Crippen LogP contribution in [-0.4, -0.2) is 49.8 Å². The summed E-state index contributed by atoms with van der Waals surface area (Å²) in [6, 6.07) is 4.68. The van der Waals surface area contributed by atoms with Crippen LogP contribution in [0.2, 0.25) is 10.0 Å². The Morgan fingerprint density at radius 3 is 2.56 bits per heavy atom. The second-order valence-electron chi connectivity index (χ2n) is 7.30. The fraction of sp³-hybridized carbons (Fsp3) is 0.667. The highest BCUT2D eigenvalue weighted by Gasteiger charge is 2.36. The molecule has 1 atom stereocenters. The van der Waals surface area contributed by atoms with Gasteiger partial charge in [-0.05, 0) is 75.9 Å². The molecule has 2 saturated heterocycles. The molecule has 2 heterocycles. The van der Waals surface area contributed by atoms with Crippen LogP contribution in [0.4, 0.5) is 0 Å². The first-order valence-corrected chi connectivity index (χ1v) is 11.3. The summed E-state index contributed by atoms with van der Waals surface area (Å²) >= 11 is 12.1. The molecule has 0 N–H and O–H groups in total. The van der Waals surface area contributed by atoms with Gasteiger partial charge in [-0.15, -0.1) is 0 Å². The third-order valence-electron chi connectivity index (χ3n) is 5.46. The number of rotatable bonds is 5. The number of benzene rings is 1. The quantitative estimate of drug-likeness (QED) is 0.735. The Morgan fingerprint density at radius 1 is 1.12 bits per heavy atom. The highest BCUT2D eigenvalue weighted by molar-refractivity contribution is 7.89. The molecular weight excluding hydrogens is 379 g/mol. The summed E-state index contributed by atoms with van der Waals surface area (Å²) in [7, 11) is -3.60. The van der Waals surface area contributed by atoms with Crippen LogP contribution in [0.1, 0.15) is 39.0 Å². The molecule has 0 bridgehead atoms. The van der Waals surface area contributed by atoms with Crippen LogP contribution in [0.25, 0.3) is 0 Å². The summed E-state index contributed by atoms with van der Waals surface area (Å²) in [4.78, 5) is 2.59. The van der Waals surface area contributed by atoms with Crippen LogP contribution >= 0.6 is 23.2 Å². The zero-order chi connectivity index (χ0) is 18.0. The topological polar surface area (TPSA) is 40.6 Å². The SMILES string of the molecule is CC1CCN(CCC2CCCN2S(=O)(=O)c2cc(Cl)ccc2Cl)CC1. The monoisotopic (exact) mass is 404 g/mol. The molecule has 2 aliphatic heterocycles. The third kappa shape index (κ3) is 4.51. The Kier molecular flexibility index (Phi) is 6.32. The van der Waals surface area contributed by atoms with E-state index in [0.29, 0.717) is 11.6 Å². The van der Waals surface area contributed by atoms with Crippen molar-refractivity contribution in [2.24, 2.45) is 5.92 Å². The molecule has 1 aromatic carbocycles. The maximum absolute atomic E-state index is 13.1. The zero-order valence-corrected chi connectivity index (χ0v) is 17.0. The number of nitrogens with zero attached hydrogens (tertiary/aromatic N) is 2. The van der Waals surface area contributed by atoms with Crippen LogP contribution in [0, 0.1) is 5.92 Å². The molecular formula is C18H26Cl2N2O2S. The predicted octanol–water partition coefficient (Wildman–Crippen LogP) is 4.27. The van der Waals surface area contributed by atoms with Gasteiger partial charge in [0.1, 0.15) is 4.90 Å². The maximum Gasteiger partial charge on any atom is 0.244 e. The molecule has 7 heteroatoms. The Hall–Kier alpha value is -0.330. The first kappa shape index (κ1) is 19.4. The van der Waals surface area contributed by atoms with Gasteiger partial charge in [0, 0.05) is 17.6 Å². The average Bonchev–Trinajstić information content (AvgIpc) is 3.06. The molecule has 0 saturated carbocycles. The Bertz CT molecular complexity index is 703. The predicted molar refractivity (Wildman–Crippen MR) is 103 cm³/mol. The number of piperidine rings is 1. The van der Waals surface area contributed by atoms with Gasteiger partial charge in [-0.3, -0.25) is 0 Å². The van der Waals surface area contributed by atoms with E-state index in [1.165, 1.54) is 18.9 Å². The van der Waals surface area contributed by atoms with Gasteiger partial charge in [0.25, 0.3) is 0 Å². The maximum atomic E-state index is 13.1. The summed E-state index contributed by atoms with van der Waals surface area (Å²) in [6.45, 7) is 6.08. The van der Waals surface area contributed by atoms with E-state index in [-0.39, 0.29) is 16.0 Å². The number of halogens is 2. The number of likely N-dealkylation sites (tertiary alicyclic amines) is 1. The van der Waals surface area contributed by atoms with E-state index in [4.69, 9.17) is 23.2 Å². The fourth-order valence-electron chi connectivity index (χ4n) is 3.83. The van der Waals surface area contributed by atoms with E-state index < -0.39 is 10.0 Å². The summed E-state index contributed by atoms with van der Waals surface area (Å²) < 4.78 is 27.8. The lowest BCUT2D eigenvalue weighted by Crippen LogP contribution is -2.40. The molecule has 0 spiro atoms. The van der Waals surface area contributed by atoms with E-state index in [1.807, 2.05) is 0 Å². The standard InChI is InChI=1S/C18H26Cl2N2O2S/c1-14-6-10-21(11-7-14)12-8-16-3-2-9-22(16)25(23,24)18-13-15(19)4-5-17(18)20/h4-5,13-14,16H,2-3,6-12H2,1H3. The Labute approximate surface area is 161 Å². The van der Waals surface area contributed by atoms with Gasteiger partial charge in [-0.2, -0.15) is 4.31 Å². The van der Waals surface area contributed by atoms with Crippen molar-refractivity contribution in [1.82, 2.24) is 9.21 Å². The average molecular weight is 405 g/mol. The molecule has 0 amide bonds. The molecule has 2 fully saturated rings. The van der Waals surface area contributed by atoms with Crippen LogP contribution in [0.3, 0.4) is 0 Å². The molecule has 0 aromatic heterocycles. The largest absolute Gasteiger partial charge is 0.303 e. The molecule has 25 heavy (non-hydrogen) atoms. The lowest BCUT2D eigenvalue weighted by molar-refractivity contribution is 0.179. The summed E-state index contributed by atoms with van der Waals surface area (Å²) in [6.07, 6.45) is 5.18. The molecule has 2 aliphatic rings. The second kappa shape index (κ2) is 8.13. The number of hydrogen-bond acceptors (Lipinski definition) is 3. The minimum Gasteiger partial charge on any atom is -0.303 e. The van der Waals surface area contributed by atoms with Gasteiger partial charge in [0.2, 0.25) is 10.0 Å². The van der Waals surface area contributed by atoms with Gasteiger partial charge < -0.3 is 4.90 Å². The van der Waals surface area contributed by atoms with Crippen molar-refractivity contribution in [3.63, 3.8) is 0 Å². The van der Waals surface area contributed by atoms with Crippen molar-refractivity contribution >= 4 is 33.2 Å². The van der Waals surface area contributed by atoms with Gasteiger partial charge in [-0.25, -0.2) is 8.42 Å². The molecule has 0 aliphatic carbocycles. The zero-order valence-electron chi connectivity index (χ0n) is 14.6. The highest BCUT2D eigenvalue weighted by Crippen LogP contribution is 2.33. The van der Waals surface area contributed by atoms with Crippen LogP contribution in [-0.2, 0) is 10.0 Å². The lowest BCUT2D eigenvalue weighted by atomic mass is 9.99. The van der Waals surface area contributed by atoms with Crippen LogP contribution in [0.5, 0.6) is 0 Å². The minimum atomic E-state index is -3.60. The minimum absolute atomic E-state index is 0.0550. The second-order valence-corrected chi connectivity index (χ2v) is 10.0. The van der Waals surface area contributed by atoms with E-state index in [1.54, 1.807) is 16.4 Å². The first-order chi connectivity index (χ1) is 11.9. The highest BCUT2D eigenvalue weighted by atomic mass is 35.5. The molecule has 140 valence electrons. The molecule has 1 aromatic rings. The smallest absolute Gasteiger partial charge is 0.244 e. The van der Waals surface area contributed by atoms with E-state index >= 15 is 0 Å². The van der Waals surface area contributed by atoms with Crippen LogP contribution in [0.15, 0.2) is 23.1 Å². The van der Waals surface area contributed by atoms with Gasteiger partial charge in [0.05, 0.1) is 5.02 Å². The molecule has 3 rings (SSSR count). The first-order valence-electron chi connectivity index (χ1n) is 9.07. The number of sulfonamides is 1. The van der Waals surface area contributed by atoms with Gasteiger partial charge >= 0.3 is 0 Å². The Balaban J connectivity index is 1.69. The van der Waals surface area contributed by atoms with Gasteiger partial charge in [-0.1, -0.05) is 30.1 Å². The van der Waals surface area contributed by atoms with Crippen molar-refractivity contribution in [2.45, 2.75) is 50.0 Å². The molecule has 0 radical (unpaired) electrons. The van der Waals surface area contributed by atoms with E-state index in [2.05, 4.69) is 11.8 Å². The lowest BCUT2D eigenvalue weighted by Gasteiger charge is -2.32. The van der Waals surface area contributed by atoms with E-state index in [9.17, 15) is 8.42 Å². The van der Waals surface area contributed by atoms with E-state index in [0.717, 1.165) is 44.8 Å². The van der Waals surface area contributed by atoms with Crippen LogP contribution < -0.4 is 0 Å². The Morgan fingerprint density at radius 2 is 1.84 bits per heavy atom. The molecule has 4 nitrogen and oxygen atoms in total. The summed E-state index contributed by atoms with van der Waals surface area (Å²) in [5, 5.41) is 0.626. The summed E-state index contributed by atoms with van der Waals surface area (Å²) in [5.74, 6) is 0.810. The van der Waals surface area contributed by atoms with Crippen molar-refractivity contribution in [3.05, 3.63) is 28.2 Å². The summed E-state index contributed by atoms with van der Waals surface area (Å²) in [5.41, 5.74) is 0.